The Kier molecular flexibility index (Phi) is 5.75. The molecule has 0 bridgehead atoms. The Labute approximate surface area is 205 Å². The summed E-state index contributed by atoms with van der Waals surface area (Å²) in [6, 6.07) is 15.7. The van der Waals surface area contributed by atoms with Gasteiger partial charge in [0.2, 0.25) is 5.91 Å². The standard InChI is InChI=1S/C26H24N6O2S/c33-25(27-10-11-34-19-4-2-1-3-5-19)16-6-8-20-22(13-16)35-26-23(20)24(28-15-29-26)31-18-7-9-21-17(12-18)14-30-32-21/h1-5,7,9,12,14-16H,6,8,10-11,13H2,(H,27,33)(H,30,32)(H,28,29,31). The van der Waals surface area contributed by atoms with Gasteiger partial charge in [-0.1, -0.05) is 18.2 Å². The van der Waals surface area contributed by atoms with Gasteiger partial charge in [-0.2, -0.15) is 5.10 Å². The minimum atomic E-state index is -0.0415. The monoisotopic (exact) mass is 484 g/mol. The van der Waals surface area contributed by atoms with Crippen LogP contribution in [0.1, 0.15) is 16.9 Å². The van der Waals surface area contributed by atoms with E-state index in [-0.39, 0.29) is 11.8 Å². The first-order chi connectivity index (χ1) is 17.2. The van der Waals surface area contributed by atoms with E-state index in [1.54, 1.807) is 17.7 Å². The van der Waals surface area contributed by atoms with Crippen LogP contribution < -0.4 is 15.4 Å². The van der Waals surface area contributed by atoms with E-state index in [0.29, 0.717) is 13.2 Å². The highest BCUT2D eigenvalue weighted by Gasteiger charge is 2.29. The third kappa shape index (κ3) is 4.42. The average molecular weight is 485 g/mol. The second kappa shape index (κ2) is 9.34. The lowest BCUT2D eigenvalue weighted by atomic mass is 9.87. The number of amides is 1. The molecule has 1 unspecified atom stereocenters. The van der Waals surface area contributed by atoms with Crippen molar-refractivity contribution >= 4 is 49.9 Å². The second-order valence-corrected chi connectivity index (χ2v) is 9.68. The molecule has 1 aliphatic carbocycles. The fraction of sp³-hybridized carbons (Fsp3) is 0.231. The molecule has 1 aliphatic rings. The number of carbonyl (C=O) groups excluding carboxylic acids is 1. The number of fused-ring (bicyclic) bond motifs is 4. The van der Waals surface area contributed by atoms with Crippen LogP contribution in [-0.2, 0) is 17.6 Å². The van der Waals surface area contributed by atoms with Gasteiger partial charge < -0.3 is 15.4 Å². The zero-order chi connectivity index (χ0) is 23.6. The lowest BCUT2D eigenvalue weighted by Crippen LogP contribution is -2.36. The van der Waals surface area contributed by atoms with Crippen LogP contribution in [0.5, 0.6) is 5.75 Å². The third-order valence-electron chi connectivity index (χ3n) is 6.33. The molecule has 2 aromatic carbocycles. The van der Waals surface area contributed by atoms with E-state index in [1.807, 2.05) is 54.7 Å². The molecule has 0 saturated carbocycles. The average Bonchev–Trinajstić information content (AvgIpc) is 3.51. The fourth-order valence-electron chi connectivity index (χ4n) is 4.59. The smallest absolute Gasteiger partial charge is 0.223 e. The quantitative estimate of drug-likeness (QED) is 0.291. The highest BCUT2D eigenvalue weighted by atomic mass is 32.1. The molecule has 3 aromatic heterocycles. The lowest BCUT2D eigenvalue weighted by Gasteiger charge is -2.22. The summed E-state index contributed by atoms with van der Waals surface area (Å²) in [6.45, 7) is 0.940. The van der Waals surface area contributed by atoms with E-state index >= 15 is 0 Å². The zero-order valence-electron chi connectivity index (χ0n) is 19.0. The van der Waals surface area contributed by atoms with Crippen LogP contribution in [0.25, 0.3) is 21.1 Å². The highest BCUT2D eigenvalue weighted by Crippen LogP contribution is 2.40. The lowest BCUT2D eigenvalue weighted by molar-refractivity contribution is -0.125. The van der Waals surface area contributed by atoms with Crippen molar-refractivity contribution in [2.24, 2.45) is 5.92 Å². The minimum absolute atomic E-state index is 0.0415. The number of nitrogens with one attached hydrogen (secondary N) is 3. The molecule has 3 N–H and O–H groups in total. The number of benzene rings is 2. The number of hydrogen-bond donors (Lipinski definition) is 3. The normalized spacial score (nSPS) is 15.1. The Morgan fingerprint density at radius 3 is 3.00 bits per heavy atom. The van der Waals surface area contributed by atoms with Gasteiger partial charge in [0, 0.05) is 21.9 Å². The van der Waals surface area contributed by atoms with Crippen LogP contribution >= 0.6 is 11.3 Å². The molecule has 0 radical (unpaired) electrons. The van der Waals surface area contributed by atoms with Gasteiger partial charge in [-0.05, 0) is 55.2 Å². The zero-order valence-corrected chi connectivity index (χ0v) is 19.8. The van der Waals surface area contributed by atoms with E-state index in [9.17, 15) is 4.79 Å². The Morgan fingerprint density at radius 2 is 2.09 bits per heavy atom. The second-order valence-electron chi connectivity index (χ2n) is 8.60. The Hall–Kier alpha value is -3.98. The van der Waals surface area contributed by atoms with E-state index in [1.165, 1.54) is 10.4 Å². The summed E-state index contributed by atoms with van der Waals surface area (Å²) in [4.78, 5) is 24.1. The number of hydrogen-bond acceptors (Lipinski definition) is 7. The van der Waals surface area contributed by atoms with Crippen molar-refractivity contribution in [2.75, 3.05) is 18.5 Å². The maximum Gasteiger partial charge on any atom is 0.223 e. The number of H-pyrrole nitrogens is 1. The highest BCUT2D eigenvalue weighted by molar-refractivity contribution is 7.19. The third-order valence-corrected chi connectivity index (χ3v) is 7.49. The molecular weight excluding hydrogens is 460 g/mol. The predicted octanol–water partition coefficient (Wildman–Crippen LogP) is 4.61. The van der Waals surface area contributed by atoms with Gasteiger partial charge in [0.05, 0.1) is 23.6 Å². The van der Waals surface area contributed by atoms with Gasteiger partial charge in [-0.3, -0.25) is 9.89 Å². The Morgan fingerprint density at radius 1 is 1.17 bits per heavy atom. The molecule has 3 heterocycles. The number of aromatic nitrogens is 4. The van der Waals surface area contributed by atoms with Crippen LogP contribution in [-0.4, -0.2) is 39.2 Å². The molecular formula is C26H24N6O2S. The molecule has 0 spiro atoms. The molecule has 176 valence electrons. The molecule has 1 amide bonds. The van der Waals surface area contributed by atoms with Crippen LogP contribution in [0, 0.1) is 5.92 Å². The van der Waals surface area contributed by atoms with Crippen molar-refractivity contribution in [3.05, 3.63) is 71.5 Å². The molecule has 6 rings (SSSR count). The molecule has 35 heavy (non-hydrogen) atoms. The number of carbonyl (C=O) groups is 1. The SMILES string of the molecule is O=C(NCCOc1ccccc1)C1CCc2c(sc3ncnc(Nc4ccc5[nH]ncc5c4)c23)C1. The summed E-state index contributed by atoms with van der Waals surface area (Å²) in [5.74, 6) is 1.66. The number of aryl methyl sites for hydroxylation is 1. The number of anilines is 2. The van der Waals surface area contributed by atoms with Crippen molar-refractivity contribution in [1.82, 2.24) is 25.5 Å². The fourth-order valence-corrected chi connectivity index (χ4v) is 5.86. The first-order valence-electron chi connectivity index (χ1n) is 11.7. The van der Waals surface area contributed by atoms with E-state index in [2.05, 4.69) is 30.8 Å². The first kappa shape index (κ1) is 21.5. The van der Waals surface area contributed by atoms with Gasteiger partial charge in [0.1, 0.15) is 29.3 Å². The minimum Gasteiger partial charge on any atom is -0.492 e. The van der Waals surface area contributed by atoms with Gasteiger partial charge >= 0.3 is 0 Å². The van der Waals surface area contributed by atoms with Gasteiger partial charge in [0.15, 0.2) is 0 Å². The molecule has 9 heteroatoms. The van der Waals surface area contributed by atoms with Crippen molar-refractivity contribution < 1.29 is 9.53 Å². The van der Waals surface area contributed by atoms with Gasteiger partial charge in [0.25, 0.3) is 0 Å². The molecule has 0 aliphatic heterocycles. The van der Waals surface area contributed by atoms with Crippen molar-refractivity contribution in [1.29, 1.82) is 0 Å². The predicted molar refractivity (Wildman–Crippen MR) is 137 cm³/mol. The first-order valence-corrected chi connectivity index (χ1v) is 12.5. The number of para-hydroxylation sites is 1. The Balaban J connectivity index is 1.14. The van der Waals surface area contributed by atoms with Crippen LogP contribution in [0.4, 0.5) is 11.5 Å². The number of thiophene rings is 1. The summed E-state index contributed by atoms with van der Waals surface area (Å²) < 4.78 is 5.68. The van der Waals surface area contributed by atoms with Crippen LogP contribution in [0.2, 0.25) is 0 Å². The topological polar surface area (TPSA) is 105 Å². The molecule has 0 fully saturated rings. The summed E-state index contributed by atoms with van der Waals surface area (Å²) >= 11 is 1.66. The van der Waals surface area contributed by atoms with E-state index in [0.717, 1.165) is 57.6 Å². The molecule has 0 saturated heterocycles. The Bertz CT molecular complexity index is 1500. The summed E-state index contributed by atoms with van der Waals surface area (Å²) in [7, 11) is 0. The van der Waals surface area contributed by atoms with Crippen molar-refractivity contribution in [3.8, 4) is 5.75 Å². The van der Waals surface area contributed by atoms with E-state index < -0.39 is 0 Å². The van der Waals surface area contributed by atoms with Crippen LogP contribution in [0.15, 0.2) is 61.1 Å². The largest absolute Gasteiger partial charge is 0.492 e. The number of aromatic amines is 1. The van der Waals surface area contributed by atoms with E-state index in [4.69, 9.17) is 4.74 Å². The van der Waals surface area contributed by atoms with Gasteiger partial charge in [-0.25, -0.2) is 9.97 Å². The van der Waals surface area contributed by atoms with Crippen molar-refractivity contribution in [3.63, 3.8) is 0 Å². The summed E-state index contributed by atoms with van der Waals surface area (Å²) in [6.07, 6.45) is 5.76. The summed E-state index contributed by atoms with van der Waals surface area (Å²) in [5, 5.41) is 15.7. The van der Waals surface area contributed by atoms with Crippen LogP contribution in [0.3, 0.4) is 0 Å². The van der Waals surface area contributed by atoms with Gasteiger partial charge in [-0.15, -0.1) is 11.3 Å². The van der Waals surface area contributed by atoms with Crippen molar-refractivity contribution in [2.45, 2.75) is 19.3 Å². The molecule has 8 nitrogen and oxygen atoms in total. The summed E-state index contributed by atoms with van der Waals surface area (Å²) in [5.41, 5.74) is 3.20. The molecule has 5 aromatic rings. The maximum atomic E-state index is 12.8. The number of nitrogens with zero attached hydrogens (tertiary/aromatic N) is 3. The number of ether oxygens (including phenoxy) is 1. The number of rotatable bonds is 7. The molecule has 1 atom stereocenters. The maximum absolute atomic E-state index is 12.8.